The van der Waals surface area contributed by atoms with Gasteiger partial charge in [0.1, 0.15) is 54.2 Å². The molecule has 1 heterocycles. The summed E-state index contributed by atoms with van der Waals surface area (Å²) in [6, 6.07) is 0. The van der Waals surface area contributed by atoms with Crippen molar-refractivity contribution >= 4 is 21.3 Å². The van der Waals surface area contributed by atoms with Gasteiger partial charge in [0.2, 0.25) is 0 Å². The van der Waals surface area contributed by atoms with Crippen LogP contribution in [0.2, 0.25) is 0 Å². The van der Waals surface area contributed by atoms with Crippen molar-refractivity contribution in [3.63, 3.8) is 0 Å². The normalized spacial score (nSPS) is 32.8. The monoisotopic (exact) mass is 425 g/mol. The van der Waals surface area contributed by atoms with Crippen molar-refractivity contribution < 1.29 is 58.0 Å². The first-order valence-corrected chi connectivity index (χ1v) is 10.5. The van der Waals surface area contributed by atoms with Gasteiger partial charge in [-0.25, -0.2) is 4.18 Å². The molecule has 0 aliphatic carbocycles. The minimum absolute atomic E-state index is 0.0139. The van der Waals surface area contributed by atoms with Gasteiger partial charge >= 0.3 is 10.4 Å². The third-order valence-electron chi connectivity index (χ3n) is 4.03. The van der Waals surface area contributed by atoms with E-state index in [1.165, 1.54) is 0 Å². The Morgan fingerprint density at radius 3 is 2.08 bits per heavy atom. The topological polar surface area (TPSA) is 225 Å². The molecule has 1 aliphatic rings. The second kappa shape index (κ2) is 9.90. The average molecular weight is 425 g/mol. The average Bonchev–Trinajstić information content (AvgIpc) is 2.82. The first kappa shape index (κ1) is 23.9. The van der Waals surface area contributed by atoms with E-state index in [-0.39, 0.29) is 11.5 Å². The fourth-order valence-corrected chi connectivity index (χ4v) is 5.83. The SMILES string of the molecule is O=S(=O)(O)O[C@H]([C@@H](O)[C@H](O)[C@@H](O)CO)[C@H](O)C[S+]1C[C@@H](O)[C@H](O)[C@H]1CO. The number of aliphatic hydroxyl groups excluding tert-OH is 8. The van der Waals surface area contributed by atoms with Gasteiger partial charge in [0.05, 0.1) is 13.2 Å². The lowest BCUT2D eigenvalue weighted by Gasteiger charge is -2.30. The zero-order chi connectivity index (χ0) is 20.2. The quantitative estimate of drug-likeness (QED) is 0.118. The van der Waals surface area contributed by atoms with E-state index >= 15 is 0 Å². The van der Waals surface area contributed by atoms with Crippen LogP contribution >= 0.6 is 0 Å². The van der Waals surface area contributed by atoms with Gasteiger partial charge in [-0.1, -0.05) is 0 Å². The lowest BCUT2D eigenvalue weighted by molar-refractivity contribution is -0.129. The largest absolute Gasteiger partial charge is 0.397 e. The van der Waals surface area contributed by atoms with E-state index < -0.39 is 82.5 Å². The van der Waals surface area contributed by atoms with Gasteiger partial charge in [-0.05, 0) is 0 Å². The summed E-state index contributed by atoms with van der Waals surface area (Å²) in [6.45, 7) is -1.51. The van der Waals surface area contributed by atoms with E-state index in [1.54, 1.807) is 0 Å². The smallest absolute Gasteiger partial charge is 0.394 e. The molecule has 1 unspecified atom stereocenters. The van der Waals surface area contributed by atoms with E-state index in [4.69, 9.17) is 9.66 Å². The van der Waals surface area contributed by atoms with Crippen LogP contribution in [0.5, 0.6) is 0 Å². The predicted octanol–water partition coefficient (Wildman–Crippen LogP) is -5.68. The van der Waals surface area contributed by atoms with Crippen molar-refractivity contribution in [2.45, 2.75) is 48.0 Å². The van der Waals surface area contributed by atoms with Crippen LogP contribution in [0, 0.1) is 0 Å². The molecule has 0 bridgehead atoms. The van der Waals surface area contributed by atoms with Gasteiger partial charge in [-0.2, -0.15) is 8.42 Å². The molecule has 0 saturated carbocycles. The second-order valence-corrected chi connectivity index (χ2v) is 9.33. The molecule has 1 rings (SSSR count). The highest BCUT2D eigenvalue weighted by Gasteiger charge is 2.52. The molecule has 0 spiro atoms. The molecule has 0 aromatic carbocycles. The third kappa shape index (κ3) is 6.22. The Kier molecular flexibility index (Phi) is 9.12. The fourth-order valence-electron chi connectivity index (χ4n) is 2.62. The molecule has 9 N–H and O–H groups in total. The van der Waals surface area contributed by atoms with E-state index in [0.29, 0.717) is 0 Å². The summed E-state index contributed by atoms with van der Waals surface area (Å²) in [7, 11) is -6.18. The van der Waals surface area contributed by atoms with Crippen molar-refractivity contribution in [2.24, 2.45) is 0 Å². The van der Waals surface area contributed by atoms with Crippen LogP contribution in [-0.2, 0) is 25.5 Å². The van der Waals surface area contributed by atoms with Gasteiger partial charge in [-0.15, -0.1) is 0 Å². The molecule has 9 atom stereocenters. The van der Waals surface area contributed by atoms with Crippen LogP contribution in [0.25, 0.3) is 0 Å². The molecule has 12 nitrogen and oxygen atoms in total. The molecule has 0 amide bonds. The zero-order valence-electron chi connectivity index (χ0n) is 13.5. The van der Waals surface area contributed by atoms with Crippen LogP contribution < -0.4 is 0 Å². The molecular formula is C12H25O12S2+. The van der Waals surface area contributed by atoms with E-state index in [2.05, 4.69) is 4.18 Å². The molecule has 26 heavy (non-hydrogen) atoms. The summed E-state index contributed by atoms with van der Waals surface area (Å²) in [5.74, 6) is -0.363. The molecule has 156 valence electrons. The highest BCUT2D eigenvalue weighted by Crippen LogP contribution is 2.26. The molecule has 0 aromatic rings. The van der Waals surface area contributed by atoms with E-state index in [0.717, 1.165) is 0 Å². The maximum atomic E-state index is 11.0. The van der Waals surface area contributed by atoms with Gasteiger partial charge in [0.15, 0.2) is 5.25 Å². The first-order chi connectivity index (χ1) is 11.9. The van der Waals surface area contributed by atoms with Gasteiger partial charge < -0.3 is 40.9 Å². The Morgan fingerprint density at radius 1 is 1.04 bits per heavy atom. The summed E-state index contributed by atoms with van der Waals surface area (Å²) in [5.41, 5.74) is 0. The van der Waals surface area contributed by atoms with Crippen LogP contribution in [0.15, 0.2) is 0 Å². The van der Waals surface area contributed by atoms with E-state index in [9.17, 15) is 44.2 Å². The fraction of sp³-hybridized carbons (Fsp3) is 1.00. The molecule has 1 aliphatic heterocycles. The number of aliphatic hydroxyl groups is 8. The first-order valence-electron chi connectivity index (χ1n) is 7.55. The minimum Gasteiger partial charge on any atom is -0.394 e. The van der Waals surface area contributed by atoms with Crippen molar-refractivity contribution in [3.05, 3.63) is 0 Å². The van der Waals surface area contributed by atoms with Crippen LogP contribution in [0.3, 0.4) is 0 Å². The van der Waals surface area contributed by atoms with Gasteiger partial charge in [0.25, 0.3) is 0 Å². The number of hydrogen-bond acceptors (Lipinski definition) is 11. The Hall–Kier alpha value is -0.100. The highest BCUT2D eigenvalue weighted by molar-refractivity contribution is 7.97. The Balaban J connectivity index is 2.95. The maximum Gasteiger partial charge on any atom is 0.397 e. The lowest BCUT2D eigenvalue weighted by Crippen LogP contribution is -2.53. The Bertz CT molecular complexity index is 530. The molecule has 0 radical (unpaired) electrons. The summed E-state index contributed by atoms with van der Waals surface area (Å²) < 4.78 is 35.0. The molecule has 14 heteroatoms. The summed E-state index contributed by atoms with van der Waals surface area (Å²) >= 11 is 0. The van der Waals surface area contributed by atoms with Crippen LogP contribution in [-0.4, -0.2) is 127 Å². The Morgan fingerprint density at radius 2 is 1.62 bits per heavy atom. The molecule has 0 aromatic heterocycles. The molecule has 1 fully saturated rings. The van der Waals surface area contributed by atoms with Crippen LogP contribution in [0.1, 0.15) is 0 Å². The lowest BCUT2D eigenvalue weighted by atomic mass is 10.0. The van der Waals surface area contributed by atoms with Gasteiger partial charge in [0, 0.05) is 10.9 Å². The molecule has 1 saturated heterocycles. The van der Waals surface area contributed by atoms with Crippen LogP contribution in [0.4, 0.5) is 0 Å². The summed E-state index contributed by atoms with van der Waals surface area (Å²) in [4.78, 5) is 0. The minimum atomic E-state index is -5.17. The summed E-state index contributed by atoms with van der Waals surface area (Å²) in [5, 5.41) is 76.0. The van der Waals surface area contributed by atoms with E-state index in [1.807, 2.05) is 0 Å². The van der Waals surface area contributed by atoms with Crippen molar-refractivity contribution in [2.75, 3.05) is 24.7 Å². The van der Waals surface area contributed by atoms with Crippen molar-refractivity contribution in [3.8, 4) is 0 Å². The number of rotatable bonds is 10. The second-order valence-electron chi connectivity index (χ2n) is 5.94. The highest BCUT2D eigenvalue weighted by atomic mass is 32.3. The zero-order valence-corrected chi connectivity index (χ0v) is 15.1. The Labute approximate surface area is 152 Å². The third-order valence-corrected chi connectivity index (χ3v) is 7.32. The summed E-state index contributed by atoms with van der Waals surface area (Å²) in [6.07, 6.45) is -12.6. The number of hydrogen-bond donors (Lipinski definition) is 9. The predicted molar refractivity (Wildman–Crippen MR) is 87.5 cm³/mol. The maximum absolute atomic E-state index is 11.0. The standard InChI is InChI=1S/C12H24O12S2/c13-1-5(15)10(19)11(20)12(24-26(21,22)23)7(17)4-25-3-6(16)9(18)8(25)2-14/h5-20H,1-4H2/p+1/t5-,6+,7+,8+,9-,10+,11-,12-,25?/m0/s1. The van der Waals surface area contributed by atoms with Crippen molar-refractivity contribution in [1.82, 2.24) is 0 Å². The molecular weight excluding hydrogens is 400 g/mol. The van der Waals surface area contributed by atoms with Crippen molar-refractivity contribution in [1.29, 1.82) is 0 Å². The van der Waals surface area contributed by atoms with Gasteiger partial charge in [-0.3, -0.25) is 4.55 Å².